The van der Waals surface area contributed by atoms with Gasteiger partial charge in [0.2, 0.25) is 0 Å². The van der Waals surface area contributed by atoms with E-state index < -0.39 is 17.0 Å². The summed E-state index contributed by atoms with van der Waals surface area (Å²) in [7, 11) is 0. The number of nitrogens with zero attached hydrogens (tertiary/aromatic N) is 1. The number of carboxylic acid groups (broad SMARTS) is 1. The Labute approximate surface area is 143 Å². The van der Waals surface area contributed by atoms with Gasteiger partial charge in [0.15, 0.2) is 0 Å². The van der Waals surface area contributed by atoms with E-state index >= 15 is 0 Å². The minimum atomic E-state index is -1.19. The molecule has 4 aliphatic rings. The number of fused-ring (bicyclic) bond motifs is 3. The molecule has 1 aromatic rings. The van der Waals surface area contributed by atoms with E-state index in [0.29, 0.717) is 18.8 Å². The highest BCUT2D eigenvalue weighted by Gasteiger charge is 2.64. The van der Waals surface area contributed by atoms with Gasteiger partial charge in [0.1, 0.15) is 5.41 Å². The van der Waals surface area contributed by atoms with Crippen molar-refractivity contribution in [1.82, 2.24) is 4.90 Å². The van der Waals surface area contributed by atoms with E-state index in [2.05, 4.69) is 4.90 Å². The molecule has 4 fully saturated rings. The molecule has 1 saturated carbocycles. The molecule has 0 spiro atoms. The van der Waals surface area contributed by atoms with Crippen LogP contribution in [0.1, 0.15) is 44.1 Å². The summed E-state index contributed by atoms with van der Waals surface area (Å²) in [5.41, 5.74) is -1.53. The molecule has 2 atom stereocenters. The molecule has 3 heterocycles. The molecule has 2 unspecified atom stereocenters. The first kappa shape index (κ1) is 16.1. The maximum atomic E-state index is 12.8. The van der Waals surface area contributed by atoms with Gasteiger partial charge in [0, 0.05) is 6.54 Å². The van der Waals surface area contributed by atoms with E-state index in [1.54, 1.807) is 0 Å². The Balaban J connectivity index is 1.89. The highest BCUT2D eigenvalue weighted by molar-refractivity contribution is 5.84. The first-order valence-electron chi connectivity index (χ1n) is 9.31. The summed E-state index contributed by atoms with van der Waals surface area (Å²) in [6.07, 6.45) is 5.14. The van der Waals surface area contributed by atoms with Crippen molar-refractivity contribution in [2.24, 2.45) is 11.8 Å². The lowest BCUT2D eigenvalue weighted by Gasteiger charge is -2.56. The highest BCUT2D eigenvalue weighted by Crippen LogP contribution is 2.55. The third-order valence-corrected chi connectivity index (χ3v) is 6.94. The summed E-state index contributed by atoms with van der Waals surface area (Å²) in [6, 6.07) is 9.58. The highest BCUT2D eigenvalue weighted by atomic mass is 16.4. The van der Waals surface area contributed by atoms with Crippen molar-refractivity contribution in [1.29, 1.82) is 0 Å². The maximum Gasteiger partial charge on any atom is 0.317 e. The molecule has 3 aliphatic heterocycles. The number of benzene rings is 1. The lowest BCUT2D eigenvalue weighted by Crippen LogP contribution is -2.66. The smallest absolute Gasteiger partial charge is 0.317 e. The van der Waals surface area contributed by atoms with E-state index in [0.717, 1.165) is 50.9 Å². The summed E-state index contributed by atoms with van der Waals surface area (Å²) >= 11 is 0. The molecule has 1 aliphatic carbocycles. The van der Waals surface area contributed by atoms with Crippen molar-refractivity contribution in [2.45, 2.75) is 49.5 Å². The lowest BCUT2D eigenvalue weighted by molar-refractivity contribution is -0.171. The number of carbonyl (C=O) groups is 1. The number of aliphatic hydroxyl groups is 1. The Kier molecular flexibility index (Phi) is 3.92. The zero-order valence-electron chi connectivity index (χ0n) is 14.2. The lowest BCUT2D eigenvalue weighted by atomic mass is 9.53. The fourth-order valence-corrected chi connectivity index (χ4v) is 5.82. The van der Waals surface area contributed by atoms with Crippen LogP contribution >= 0.6 is 0 Å². The van der Waals surface area contributed by atoms with Gasteiger partial charge in [-0.15, -0.1) is 0 Å². The molecular formula is C20H27NO3. The van der Waals surface area contributed by atoms with Gasteiger partial charge in [0.25, 0.3) is 0 Å². The predicted molar refractivity (Wildman–Crippen MR) is 91.8 cm³/mol. The van der Waals surface area contributed by atoms with Crippen LogP contribution in [0.3, 0.4) is 0 Å². The van der Waals surface area contributed by atoms with Gasteiger partial charge < -0.3 is 15.1 Å². The number of piperidine rings is 3. The van der Waals surface area contributed by atoms with E-state index in [1.165, 1.54) is 0 Å². The summed E-state index contributed by atoms with van der Waals surface area (Å²) in [5.74, 6) is -0.448. The Hall–Kier alpha value is -1.39. The molecule has 3 saturated heterocycles. The minimum Gasteiger partial charge on any atom is -0.480 e. The fourth-order valence-electron chi connectivity index (χ4n) is 5.82. The van der Waals surface area contributed by atoms with Crippen LogP contribution in [0.4, 0.5) is 0 Å². The van der Waals surface area contributed by atoms with Gasteiger partial charge in [-0.05, 0) is 56.2 Å². The largest absolute Gasteiger partial charge is 0.480 e. The number of rotatable bonds is 4. The quantitative estimate of drug-likeness (QED) is 0.891. The SMILES string of the molecule is O=C(O)C(c1ccccc1)(C1CN2CCC1CC2)C1(O)CCCC1. The molecule has 0 amide bonds. The van der Waals surface area contributed by atoms with Crippen LogP contribution < -0.4 is 0 Å². The third-order valence-electron chi connectivity index (χ3n) is 6.94. The summed E-state index contributed by atoms with van der Waals surface area (Å²) in [4.78, 5) is 15.2. The van der Waals surface area contributed by atoms with Crippen molar-refractivity contribution in [3.05, 3.63) is 35.9 Å². The van der Waals surface area contributed by atoms with Crippen LogP contribution in [-0.4, -0.2) is 46.3 Å². The number of hydrogen-bond acceptors (Lipinski definition) is 3. The molecule has 4 nitrogen and oxygen atoms in total. The second-order valence-electron chi connectivity index (χ2n) is 7.96. The Morgan fingerprint density at radius 3 is 2.25 bits per heavy atom. The predicted octanol–water partition coefficient (Wildman–Crippen LogP) is 2.66. The summed E-state index contributed by atoms with van der Waals surface area (Å²) < 4.78 is 0. The van der Waals surface area contributed by atoms with Crippen LogP contribution in [0, 0.1) is 11.8 Å². The zero-order chi connectivity index (χ0) is 16.8. The van der Waals surface area contributed by atoms with Crippen molar-refractivity contribution in [2.75, 3.05) is 19.6 Å². The van der Waals surface area contributed by atoms with Gasteiger partial charge in [-0.1, -0.05) is 43.2 Å². The van der Waals surface area contributed by atoms with Crippen molar-refractivity contribution in [3.8, 4) is 0 Å². The average molecular weight is 329 g/mol. The Bertz CT molecular complexity index is 603. The first-order chi connectivity index (χ1) is 11.6. The van der Waals surface area contributed by atoms with E-state index in [1.807, 2.05) is 30.3 Å². The Morgan fingerprint density at radius 1 is 1.12 bits per heavy atom. The summed E-state index contributed by atoms with van der Waals surface area (Å²) in [6.45, 7) is 2.95. The molecule has 0 aromatic heterocycles. The van der Waals surface area contributed by atoms with Crippen molar-refractivity contribution >= 4 is 5.97 Å². The van der Waals surface area contributed by atoms with E-state index in [9.17, 15) is 15.0 Å². The van der Waals surface area contributed by atoms with E-state index in [4.69, 9.17) is 0 Å². The molecule has 5 rings (SSSR count). The average Bonchev–Trinajstić information content (AvgIpc) is 3.05. The fraction of sp³-hybridized carbons (Fsp3) is 0.650. The van der Waals surface area contributed by atoms with E-state index in [-0.39, 0.29) is 5.92 Å². The van der Waals surface area contributed by atoms with Crippen LogP contribution in [0.25, 0.3) is 0 Å². The molecule has 4 heteroatoms. The topological polar surface area (TPSA) is 60.8 Å². The van der Waals surface area contributed by atoms with Crippen LogP contribution in [0.15, 0.2) is 30.3 Å². The zero-order valence-corrected chi connectivity index (χ0v) is 14.2. The number of hydrogen-bond donors (Lipinski definition) is 2. The molecule has 24 heavy (non-hydrogen) atoms. The van der Waals surface area contributed by atoms with Gasteiger partial charge >= 0.3 is 5.97 Å². The van der Waals surface area contributed by atoms with Crippen molar-refractivity contribution in [3.63, 3.8) is 0 Å². The Morgan fingerprint density at radius 2 is 1.75 bits per heavy atom. The molecular weight excluding hydrogens is 302 g/mol. The third kappa shape index (κ3) is 2.16. The monoisotopic (exact) mass is 329 g/mol. The molecule has 0 radical (unpaired) electrons. The standard InChI is InChI=1S/C20H27NO3/c22-18(23)20(16-6-2-1-3-7-16,19(24)10-4-5-11-19)17-14-21-12-8-15(17)9-13-21/h1-3,6-7,15,17,24H,4-5,8-14H2,(H,22,23). The summed E-state index contributed by atoms with van der Waals surface area (Å²) in [5, 5.41) is 22.1. The first-order valence-corrected chi connectivity index (χ1v) is 9.31. The number of aliphatic carboxylic acids is 1. The minimum absolute atomic E-state index is 0.0111. The van der Waals surface area contributed by atoms with Crippen molar-refractivity contribution < 1.29 is 15.0 Å². The van der Waals surface area contributed by atoms with Gasteiger partial charge in [-0.2, -0.15) is 0 Å². The van der Waals surface area contributed by atoms with Gasteiger partial charge in [-0.25, -0.2) is 0 Å². The second-order valence-corrected chi connectivity index (χ2v) is 7.96. The van der Waals surface area contributed by atoms with Gasteiger partial charge in [0.05, 0.1) is 5.60 Å². The number of carboxylic acids is 1. The molecule has 130 valence electrons. The molecule has 2 N–H and O–H groups in total. The van der Waals surface area contributed by atoms with Crippen LogP contribution in [-0.2, 0) is 10.2 Å². The maximum absolute atomic E-state index is 12.8. The van der Waals surface area contributed by atoms with Crippen LogP contribution in [0.5, 0.6) is 0 Å². The second kappa shape index (κ2) is 5.85. The molecule has 2 bridgehead atoms. The van der Waals surface area contributed by atoms with Gasteiger partial charge in [-0.3, -0.25) is 4.79 Å². The van der Waals surface area contributed by atoms with Crippen LogP contribution in [0.2, 0.25) is 0 Å². The normalized spacial score (nSPS) is 34.0. The molecule has 1 aromatic carbocycles.